The van der Waals surface area contributed by atoms with Crippen molar-refractivity contribution in [2.75, 3.05) is 65.4 Å². The van der Waals surface area contributed by atoms with Crippen LogP contribution in [0.1, 0.15) is 45.4 Å². The summed E-state index contributed by atoms with van der Waals surface area (Å²) >= 11 is 0. The van der Waals surface area contributed by atoms with Crippen LogP contribution in [-0.2, 0) is 0 Å². The molecule has 2 heterocycles. The molecule has 2 aliphatic heterocycles. The molecule has 0 radical (unpaired) electrons. The fraction of sp³-hybridized carbons (Fsp3) is 0.720. The molecule has 7 nitrogen and oxygen atoms in total. The molecule has 32 heavy (non-hydrogen) atoms. The lowest BCUT2D eigenvalue weighted by Crippen LogP contribution is -2.49. The Morgan fingerprint density at radius 3 is 2.22 bits per heavy atom. The summed E-state index contributed by atoms with van der Waals surface area (Å²) in [5, 5.41) is 7.13. The molecule has 2 saturated heterocycles. The Morgan fingerprint density at radius 2 is 1.62 bits per heavy atom. The number of likely N-dealkylation sites (tertiary alicyclic amines) is 1. The molecule has 0 unspecified atom stereocenters. The van der Waals surface area contributed by atoms with Crippen molar-refractivity contribution in [3.8, 4) is 11.5 Å². The number of ether oxygens (including phenoxy) is 2. The molecule has 2 fully saturated rings. The van der Waals surface area contributed by atoms with Crippen LogP contribution in [0.4, 0.5) is 5.69 Å². The Balaban J connectivity index is 1.34. The van der Waals surface area contributed by atoms with Crippen LogP contribution in [-0.4, -0.2) is 77.4 Å². The van der Waals surface area contributed by atoms with Gasteiger partial charge in [-0.2, -0.15) is 0 Å². The van der Waals surface area contributed by atoms with Gasteiger partial charge in [-0.15, -0.1) is 0 Å². The van der Waals surface area contributed by atoms with E-state index in [1.165, 1.54) is 45.3 Å². The second-order valence-corrected chi connectivity index (χ2v) is 9.21. The number of nitrogens with zero attached hydrogens (tertiary/aromatic N) is 3. The van der Waals surface area contributed by atoms with Gasteiger partial charge in [-0.3, -0.25) is 4.99 Å². The van der Waals surface area contributed by atoms with Gasteiger partial charge in [0.2, 0.25) is 0 Å². The van der Waals surface area contributed by atoms with E-state index >= 15 is 0 Å². The fourth-order valence-corrected chi connectivity index (χ4v) is 4.60. The molecule has 1 aromatic rings. The van der Waals surface area contributed by atoms with Crippen molar-refractivity contribution in [2.24, 2.45) is 10.9 Å². The van der Waals surface area contributed by atoms with Crippen LogP contribution in [0.15, 0.2) is 23.2 Å². The third-order valence-electron chi connectivity index (χ3n) is 6.83. The van der Waals surface area contributed by atoms with E-state index in [4.69, 9.17) is 9.47 Å². The summed E-state index contributed by atoms with van der Waals surface area (Å²) in [7, 11) is 5.25. The minimum absolute atomic E-state index is 0.445. The lowest BCUT2D eigenvalue weighted by Gasteiger charge is -2.34. The van der Waals surface area contributed by atoms with Gasteiger partial charge in [0.1, 0.15) is 11.5 Å². The highest BCUT2D eigenvalue weighted by atomic mass is 16.5. The van der Waals surface area contributed by atoms with E-state index in [9.17, 15) is 0 Å². The molecule has 0 aromatic heterocycles. The number of methoxy groups -OCH3 is 2. The zero-order chi connectivity index (χ0) is 22.8. The van der Waals surface area contributed by atoms with E-state index in [2.05, 4.69) is 44.5 Å². The Hall–Kier alpha value is -2.15. The molecule has 180 valence electrons. The maximum Gasteiger partial charge on any atom is 0.191 e. The smallest absolute Gasteiger partial charge is 0.191 e. The van der Waals surface area contributed by atoms with Gasteiger partial charge in [0, 0.05) is 56.6 Å². The van der Waals surface area contributed by atoms with Gasteiger partial charge in [-0.05, 0) is 64.1 Å². The number of hydrogen-bond donors (Lipinski definition) is 2. The number of unbranched alkanes of at least 4 members (excludes halogenated alkanes) is 1. The van der Waals surface area contributed by atoms with Crippen molar-refractivity contribution in [1.82, 2.24) is 15.5 Å². The van der Waals surface area contributed by atoms with Crippen molar-refractivity contribution < 1.29 is 9.47 Å². The zero-order valence-corrected chi connectivity index (χ0v) is 20.5. The van der Waals surface area contributed by atoms with Gasteiger partial charge in [0.05, 0.1) is 14.2 Å². The minimum Gasteiger partial charge on any atom is -0.497 e. The predicted octanol–water partition coefficient (Wildman–Crippen LogP) is 3.35. The largest absolute Gasteiger partial charge is 0.497 e. The first-order chi connectivity index (χ1) is 15.6. The van der Waals surface area contributed by atoms with Crippen molar-refractivity contribution in [3.05, 3.63) is 18.2 Å². The Kier molecular flexibility index (Phi) is 9.78. The minimum atomic E-state index is 0.445. The van der Waals surface area contributed by atoms with E-state index in [-0.39, 0.29) is 0 Å². The summed E-state index contributed by atoms with van der Waals surface area (Å²) in [4.78, 5) is 9.47. The van der Waals surface area contributed by atoms with E-state index in [1.54, 1.807) is 14.2 Å². The van der Waals surface area contributed by atoms with E-state index in [0.29, 0.717) is 6.04 Å². The highest BCUT2D eigenvalue weighted by Gasteiger charge is 2.21. The Bertz CT molecular complexity index is 688. The van der Waals surface area contributed by atoms with Crippen LogP contribution in [0.3, 0.4) is 0 Å². The summed E-state index contributed by atoms with van der Waals surface area (Å²) < 4.78 is 10.8. The van der Waals surface area contributed by atoms with Gasteiger partial charge in [0.25, 0.3) is 0 Å². The quantitative estimate of drug-likeness (QED) is 0.345. The summed E-state index contributed by atoms with van der Waals surface area (Å²) in [6.45, 7) is 9.14. The molecule has 0 atom stereocenters. The second-order valence-electron chi connectivity index (χ2n) is 9.21. The molecule has 0 aliphatic carbocycles. The molecule has 0 bridgehead atoms. The predicted molar refractivity (Wildman–Crippen MR) is 133 cm³/mol. The van der Waals surface area contributed by atoms with Crippen molar-refractivity contribution in [2.45, 2.75) is 51.5 Å². The van der Waals surface area contributed by atoms with E-state index < -0.39 is 0 Å². The maximum atomic E-state index is 5.42. The second kappa shape index (κ2) is 12.8. The van der Waals surface area contributed by atoms with Crippen LogP contribution in [0.25, 0.3) is 0 Å². The third-order valence-corrected chi connectivity index (χ3v) is 6.83. The highest BCUT2D eigenvalue weighted by Crippen LogP contribution is 2.30. The highest BCUT2D eigenvalue weighted by molar-refractivity contribution is 5.80. The van der Waals surface area contributed by atoms with E-state index in [0.717, 1.165) is 61.5 Å². The maximum absolute atomic E-state index is 5.42. The molecule has 0 saturated carbocycles. The van der Waals surface area contributed by atoms with Crippen LogP contribution in [0.2, 0.25) is 0 Å². The first-order valence-electron chi connectivity index (χ1n) is 12.3. The summed E-state index contributed by atoms with van der Waals surface area (Å²) in [6.07, 6.45) is 7.31. The molecule has 1 aromatic carbocycles. The molecule has 7 heteroatoms. The summed E-state index contributed by atoms with van der Waals surface area (Å²) in [6, 6.07) is 6.53. The monoisotopic (exact) mass is 445 g/mol. The average molecular weight is 446 g/mol. The Morgan fingerprint density at radius 1 is 0.969 bits per heavy atom. The number of rotatable bonds is 9. The normalized spacial score (nSPS) is 19.1. The molecule has 0 spiro atoms. The molecular formula is C25H43N5O2. The number of benzene rings is 1. The van der Waals surface area contributed by atoms with Gasteiger partial charge < -0.3 is 29.9 Å². The summed E-state index contributed by atoms with van der Waals surface area (Å²) in [5.74, 6) is 3.50. The number of nitrogens with one attached hydrogen (secondary N) is 2. The number of aliphatic imine (C=N–C) groups is 1. The van der Waals surface area contributed by atoms with Gasteiger partial charge in [-0.1, -0.05) is 6.92 Å². The van der Waals surface area contributed by atoms with Gasteiger partial charge in [-0.25, -0.2) is 0 Å². The van der Waals surface area contributed by atoms with Crippen LogP contribution in [0, 0.1) is 5.92 Å². The molecule has 2 N–H and O–H groups in total. The topological polar surface area (TPSA) is 61.4 Å². The van der Waals surface area contributed by atoms with Crippen molar-refractivity contribution in [1.29, 1.82) is 0 Å². The number of anilines is 1. The van der Waals surface area contributed by atoms with Crippen LogP contribution < -0.4 is 25.0 Å². The molecule has 2 aliphatic rings. The third kappa shape index (κ3) is 7.47. The zero-order valence-electron chi connectivity index (χ0n) is 20.5. The number of hydrogen-bond acceptors (Lipinski definition) is 5. The van der Waals surface area contributed by atoms with E-state index in [1.807, 2.05) is 13.1 Å². The molecule has 3 rings (SSSR count). The van der Waals surface area contributed by atoms with Crippen molar-refractivity contribution in [3.63, 3.8) is 0 Å². The fourth-order valence-electron chi connectivity index (χ4n) is 4.60. The lowest BCUT2D eigenvalue weighted by atomic mass is 9.99. The van der Waals surface area contributed by atoms with Gasteiger partial charge in [0.15, 0.2) is 5.96 Å². The first-order valence-corrected chi connectivity index (χ1v) is 12.3. The van der Waals surface area contributed by atoms with Crippen LogP contribution >= 0.6 is 0 Å². The standard InChI is InChI=1S/C25H43N5O2/c1-20-7-13-29(14-8-20)12-6-5-11-27-25(26-2)28-21-9-15-30(16-10-21)22-17-23(31-3)19-24(18-22)32-4/h17-21H,5-16H2,1-4H3,(H2,26,27,28). The number of guanidine groups is 1. The lowest BCUT2D eigenvalue weighted by molar-refractivity contribution is 0.189. The molecular weight excluding hydrogens is 402 g/mol. The summed E-state index contributed by atoms with van der Waals surface area (Å²) in [5.41, 5.74) is 1.16. The average Bonchev–Trinajstić information content (AvgIpc) is 2.84. The van der Waals surface area contributed by atoms with Crippen LogP contribution in [0.5, 0.6) is 11.5 Å². The van der Waals surface area contributed by atoms with Crippen molar-refractivity contribution >= 4 is 11.6 Å². The van der Waals surface area contributed by atoms with Gasteiger partial charge >= 0.3 is 0 Å². The Labute approximate surface area is 194 Å². The SMILES string of the molecule is CN=C(NCCCCN1CCC(C)CC1)NC1CCN(c2cc(OC)cc(OC)c2)CC1. The first kappa shape index (κ1) is 24.5. The molecule has 0 amide bonds. The number of piperidine rings is 2.